The molecule has 0 unspecified atom stereocenters. The molecule has 2 rings (SSSR count). The zero-order chi connectivity index (χ0) is 9.26. The number of hydrogen-bond donors (Lipinski definition) is 1. The van der Waals surface area contributed by atoms with Crippen LogP contribution < -0.4 is 5.73 Å². The lowest BCUT2D eigenvalue weighted by Gasteiger charge is -1.86. The Labute approximate surface area is 82.3 Å². The van der Waals surface area contributed by atoms with Crippen molar-refractivity contribution in [1.82, 2.24) is 9.97 Å². The molecule has 0 atom stereocenters. The Morgan fingerprint density at radius 3 is 3.00 bits per heavy atom. The average Bonchev–Trinajstić information content (AvgIpc) is 2.71. The van der Waals surface area contributed by atoms with Gasteiger partial charge in [0, 0.05) is 11.6 Å². The van der Waals surface area contributed by atoms with Crippen molar-refractivity contribution in [1.29, 1.82) is 5.26 Å². The Kier molecular flexibility index (Phi) is 1.96. The summed E-state index contributed by atoms with van der Waals surface area (Å²) in [6, 6.07) is 2.05. The third-order valence-corrected chi connectivity index (χ3v) is 2.95. The van der Waals surface area contributed by atoms with E-state index in [4.69, 9.17) is 11.0 Å². The minimum atomic E-state index is 0.404. The number of rotatable bonds is 1. The van der Waals surface area contributed by atoms with E-state index in [2.05, 4.69) is 9.97 Å². The molecule has 0 saturated heterocycles. The summed E-state index contributed by atoms with van der Waals surface area (Å²) >= 11 is 2.63. The SMILES string of the molecule is N#Cc1sc(N)nc1-c1nccs1. The van der Waals surface area contributed by atoms with Crippen molar-refractivity contribution in [2.75, 3.05) is 5.73 Å². The Morgan fingerprint density at radius 1 is 1.54 bits per heavy atom. The minimum absolute atomic E-state index is 0.404. The van der Waals surface area contributed by atoms with Gasteiger partial charge in [0.15, 0.2) is 5.13 Å². The number of thiazole rings is 2. The van der Waals surface area contributed by atoms with Crippen molar-refractivity contribution < 1.29 is 0 Å². The zero-order valence-electron chi connectivity index (χ0n) is 6.39. The fourth-order valence-corrected chi connectivity index (χ4v) is 2.22. The van der Waals surface area contributed by atoms with E-state index in [1.807, 2.05) is 11.4 Å². The van der Waals surface area contributed by atoms with Gasteiger partial charge in [0.2, 0.25) is 0 Å². The molecule has 0 radical (unpaired) electrons. The predicted molar refractivity (Wildman–Crippen MR) is 52.3 cm³/mol. The topological polar surface area (TPSA) is 75.6 Å². The number of aromatic nitrogens is 2. The average molecular weight is 208 g/mol. The lowest BCUT2D eigenvalue weighted by molar-refractivity contribution is 1.34. The van der Waals surface area contributed by atoms with Crippen LogP contribution in [0.1, 0.15) is 4.88 Å². The van der Waals surface area contributed by atoms with Crippen LogP contribution in [0.4, 0.5) is 5.13 Å². The Hall–Kier alpha value is -1.45. The molecule has 2 aromatic heterocycles. The van der Waals surface area contributed by atoms with E-state index in [1.54, 1.807) is 6.20 Å². The summed E-state index contributed by atoms with van der Waals surface area (Å²) < 4.78 is 0. The third kappa shape index (κ3) is 1.39. The maximum atomic E-state index is 8.77. The van der Waals surface area contributed by atoms with Crippen LogP contribution in [0.15, 0.2) is 11.6 Å². The Morgan fingerprint density at radius 2 is 2.38 bits per heavy atom. The molecule has 6 heteroatoms. The normalized spacial score (nSPS) is 9.77. The maximum Gasteiger partial charge on any atom is 0.181 e. The molecular weight excluding hydrogens is 204 g/mol. The highest BCUT2D eigenvalue weighted by atomic mass is 32.1. The minimum Gasteiger partial charge on any atom is -0.375 e. The van der Waals surface area contributed by atoms with Gasteiger partial charge in [-0.3, -0.25) is 0 Å². The first kappa shape index (κ1) is 8.16. The van der Waals surface area contributed by atoms with Crippen LogP contribution in [-0.2, 0) is 0 Å². The number of nitrogen functional groups attached to an aromatic ring is 1. The number of nitrogens with zero attached hydrogens (tertiary/aromatic N) is 3. The maximum absolute atomic E-state index is 8.77. The largest absolute Gasteiger partial charge is 0.375 e. The molecule has 2 heterocycles. The quantitative estimate of drug-likeness (QED) is 0.774. The molecule has 4 nitrogen and oxygen atoms in total. The highest BCUT2D eigenvalue weighted by molar-refractivity contribution is 7.17. The Bertz CT molecular complexity index is 451. The summed E-state index contributed by atoms with van der Waals surface area (Å²) in [7, 11) is 0. The first-order valence-corrected chi connectivity index (χ1v) is 5.07. The van der Waals surface area contributed by atoms with Crippen LogP contribution in [0, 0.1) is 11.3 Å². The van der Waals surface area contributed by atoms with Gasteiger partial charge in [0.25, 0.3) is 0 Å². The van der Waals surface area contributed by atoms with Gasteiger partial charge < -0.3 is 5.73 Å². The molecule has 0 saturated carbocycles. The highest BCUT2D eigenvalue weighted by Gasteiger charge is 2.12. The van der Waals surface area contributed by atoms with Crippen molar-refractivity contribution in [3.05, 3.63) is 16.5 Å². The third-order valence-electron chi connectivity index (χ3n) is 1.38. The van der Waals surface area contributed by atoms with Crippen LogP contribution in [0.2, 0.25) is 0 Å². The van der Waals surface area contributed by atoms with E-state index in [-0.39, 0.29) is 0 Å². The molecule has 0 aliphatic rings. The summed E-state index contributed by atoms with van der Waals surface area (Å²) in [5.74, 6) is 0. The van der Waals surface area contributed by atoms with E-state index in [0.717, 1.165) is 5.01 Å². The second kappa shape index (κ2) is 3.12. The summed E-state index contributed by atoms with van der Waals surface area (Å²) in [4.78, 5) is 8.63. The number of nitrogens with two attached hydrogens (primary N) is 1. The summed E-state index contributed by atoms with van der Waals surface area (Å²) in [6.45, 7) is 0. The van der Waals surface area contributed by atoms with Crippen molar-refractivity contribution in [3.8, 4) is 16.8 Å². The van der Waals surface area contributed by atoms with Gasteiger partial charge in [-0.15, -0.1) is 11.3 Å². The smallest absolute Gasteiger partial charge is 0.181 e. The lowest BCUT2D eigenvalue weighted by Crippen LogP contribution is -1.82. The molecule has 13 heavy (non-hydrogen) atoms. The monoisotopic (exact) mass is 208 g/mol. The molecule has 0 aliphatic carbocycles. The first-order valence-electron chi connectivity index (χ1n) is 3.37. The van der Waals surface area contributed by atoms with Gasteiger partial charge in [-0.1, -0.05) is 11.3 Å². The zero-order valence-corrected chi connectivity index (χ0v) is 8.02. The fraction of sp³-hybridized carbons (Fsp3) is 0. The predicted octanol–water partition coefficient (Wildman–Crippen LogP) is 1.72. The number of nitriles is 1. The molecule has 0 bridgehead atoms. The standard InChI is InChI=1S/C7H4N4S2/c8-3-4-5(11-7(9)13-4)6-10-1-2-12-6/h1-2H,(H2,9,11). The van der Waals surface area contributed by atoms with Crippen LogP contribution in [-0.4, -0.2) is 9.97 Å². The lowest BCUT2D eigenvalue weighted by atomic mass is 10.4. The van der Waals surface area contributed by atoms with E-state index in [1.165, 1.54) is 22.7 Å². The van der Waals surface area contributed by atoms with Crippen LogP contribution in [0.3, 0.4) is 0 Å². The molecule has 0 spiro atoms. The van der Waals surface area contributed by atoms with Gasteiger partial charge in [-0.2, -0.15) is 5.26 Å². The van der Waals surface area contributed by atoms with Gasteiger partial charge >= 0.3 is 0 Å². The number of hydrogen-bond acceptors (Lipinski definition) is 6. The van der Waals surface area contributed by atoms with Crippen LogP contribution in [0.5, 0.6) is 0 Å². The molecule has 2 N–H and O–H groups in total. The second-order valence-electron chi connectivity index (χ2n) is 2.18. The molecule has 0 aromatic carbocycles. The van der Waals surface area contributed by atoms with E-state index >= 15 is 0 Å². The van der Waals surface area contributed by atoms with Crippen LogP contribution >= 0.6 is 22.7 Å². The van der Waals surface area contributed by atoms with Crippen molar-refractivity contribution >= 4 is 27.8 Å². The summed E-state index contributed by atoms with van der Waals surface area (Å²) in [5, 5.41) is 11.8. The summed E-state index contributed by atoms with van der Waals surface area (Å²) in [6.07, 6.45) is 1.68. The Balaban J connectivity index is 2.59. The van der Waals surface area contributed by atoms with Gasteiger partial charge in [0.1, 0.15) is 21.6 Å². The molecular formula is C7H4N4S2. The molecule has 0 fully saturated rings. The molecule has 0 aliphatic heterocycles. The molecule has 64 valence electrons. The fourth-order valence-electron chi connectivity index (χ4n) is 0.898. The van der Waals surface area contributed by atoms with Crippen molar-refractivity contribution in [2.24, 2.45) is 0 Å². The van der Waals surface area contributed by atoms with Gasteiger partial charge in [0.05, 0.1) is 0 Å². The second-order valence-corrected chi connectivity index (χ2v) is 4.10. The highest BCUT2D eigenvalue weighted by Crippen LogP contribution is 2.29. The van der Waals surface area contributed by atoms with E-state index in [9.17, 15) is 0 Å². The molecule has 0 amide bonds. The molecule has 2 aromatic rings. The van der Waals surface area contributed by atoms with E-state index in [0.29, 0.717) is 15.7 Å². The first-order chi connectivity index (χ1) is 6.31. The van der Waals surface area contributed by atoms with Crippen molar-refractivity contribution in [2.45, 2.75) is 0 Å². The number of anilines is 1. The van der Waals surface area contributed by atoms with Gasteiger partial charge in [-0.25, -0.2) is 9.97 Å². The van der Waals surface area contributed by atoms with E-state index < -0.39 is 0 Å². The van der Waals surface area contributed by atoms with Crippen molar-refractivity contribution in [3.63, 3.8) is 0 Å². The summed E-state index contributed by atoms with van der Waals surface area (Å²) in [5.41, 5.74) is 6.09. The van der Waals surface area contributed by atoms with Gasteiger partial charge in [-0.05, 0) is 0 Å². The van der Waals surface area contributed by atoms with Crippen LogP contribution in [0.25, 0.3) is 10.7 Å².